The van der Waals surface area contributed by atoms with E-state index in [1.807, 2.05) is 30.3 Å². The first-order valence-electron chi connectivity index (χ1n) is 4.97. The fourth-order valence-electron chi connectivity index (χ4n) is 1.32. The van der Waals surface area contributed by atoms with E-state index < -0.39 is 5.97 Å². The molecule has 4 nitrogen and oxygen atoms in total. The van der Waals surface area contributed by atoms with Crippen LogP contribution < -0.4 is 0 Å². The van der Waals surface area contributed by atoms with Gasteiger partial charge in [-0.1, -0.05) is 18.2 Å². The van der Waals surface area contributed by atoms with Gasteiger partial charge in [0.25, 0.3) is 0 Å². The second kappa shape index (κ2) is 5.45. The number of hydrogen-bond donors (Lipinski definition) is 1. The third kappa shape index (κ3) is 3.04. The molecule has 0 bridgehead atoms. The number of aromatic nitrogens is 2. The van der Waals surface area contributed by atoms with E-state index in [1.165, 1.54) is 12.5 Å². The number of rotatable bonds is 4. The van der Waals surface area contributed by atoms with E-state index >= 15 is 0 Å². The molecule has 0 radical (unpaired) electrons. The third-order valence-electron chi connectivity index (χ3n) is 2.14. The number of carboxylic acids is 1. The zero-order valence-corrected chi connectivity index (χ0v) is 9.72. The van der Waals surface area contributed by atoms with E-state index in [0.29, 0.717) is 11.4 Å². The van der Waals surface area contributed by atoms with E-state index in [-0.39, 0.29) is 5.56 Å². The van der Waals surface area contributed by atoms with Crippen LogP contribution in [-0.2, 0) is 5.75 Å². The van der Waals surface area contributed by atoms with Gasteiger partial charge in [-0.3, -0.25) is 0 Å². The summed E-state index contributed by atoms with van der Waals surface area (Å²) in [5, 5.41) is 8.97. The zero-order valence-electron chi connectivity index (χ0n) is 8.91. The Labute approximate surface area is 103 Å². The second-order valence-corrected chi connectivity index (χ2v) is 4.34. The minimum atomic E-state index is -0.991. The van der Waals surface area contributed by atoms with Crippen LogP contribution in [0.2, 0.25) is 0 Å². The zero-order chi connectivity index (χ0) is 12.1. The molecule has 0 atom stereocenters. The molecule has 0 aliphatic heterocycles. The molecule has 0 spiro atoms. The van der Waals surface area contributed by atoms with Crippen LogP contribution in [0.4, 0.5) is 0 Å². The van der Waals surface area contributed by atoms with Gasteiger partial charge in [0.15, 0.2) is 0 Å². The Kier molecular flexibility index (Phi) is 3.72. The van der Waals surface area contributed by atoms with Crippen LogP contribution >= 0.6 is 11.8 Å². The highest BCUT2D eigenvalue weighted by molar-refractivity contribution is 7.98. The Morgan fingerprint density at radius 2 is 2.06 bits per heavy atom. The minimum absolute atomic E-state index is 0.163. The molecule has 0 aliphatic rings. The lowest BCUT2D eigenvalue weighted by Crippen LogP contribution is -2.04. The molecule has 17 heavy (non-hydrogen) atoms. The molecule has 1 N–H and O–H groups in total. The average molecular weight is 246 g/mol. The molecule has 0 aliphatic carbocycles. The van der Waals surface area contributed by atoms with Crippen molar-refractivity contribution in [2.45, 2.75) is 10.6 Å². The minimum Gasteiger partial charge on any atom is -0.478 e. The standard InChI is InChI=1S/C12H10N2O2S/c15-12(16)10-6-13-8-14-11(10)7-17-9-4-2-1-3-5-9/h1-6,8H,7H2,(H,15,16). The molecule has 0 saturated carbocycles. The van der Waals surface area contributed by atoms with Crippen molar-refractivity contribution in [3.63, 3.8) is 0 Å². The van der Waals surface area contributed by atoms with Crippen molar-refractivity contribution >= 4 is 17.7 Å². The Bertz CT molecular complexity index is 517. The molecule has 2 rings (SSSR count). The Morgan fingerprint density at radius 3 is 2.76 bits per heavy atom. The molecular formula is C12H10N2O2S. The quantitative estimate of drug-likeness (QED) is 0.839. The molecule has 0 saturated heterocycles. The first-order chi connectivity index (χ1) is 8.27. The molecule has 0 amide bonds. The van der Waals surface area contributed by atoms with Crippen molar-refractivity contribution in [1.29, 1.82) is 0 Å². The summed E-state index contributed by atoms with van der Waals surface area (Å²) < 4.78 is 0. The summed E-state index contributed by atoms with van der Waals surface area (Å²) in [7, 11) is 0. The fourth-order valence-corrected chi connectivity index (χ4v) is 2.20. The van der Waals surface area contributed by atoms with Gasteiger partial charge in [-0.05, 0) is 12.1 Å². The number of carbonyl (C=O) groups is 1. The van der Waals surface area contributed by atoms with Crippen molar-refractivity contribution < 1.29 is 9.90 Å². The highest BCUT2D eigenvalue weighted by Gasteiger charge is 2.11. The number of nitrogens with zero attached hydrogens (tertiary/aromatic N) is 2. The monoisotopic (exact) mass is 246 g/mol. The van der Waals surface area contributed by atoms with Gasteiger partial charge in [-0.15, -0.1) is 11.8 Å². The van der Waals surface area contributed by atoms with Crippen LogP contribution in [0.3, 0.4) is 0 Å². The summed E-state index contributed by atoms with van der Waals surface area (Å²) in [6.07, 6.45) is 2.70. The molecule has 86 valence electrons. The summed E-state index contributed by atoms with van der Waals surface area (Å²) in [4.78, 5) is 19.8. The highest BCUT2D eigenvalue weighted by atomic mass is 32.2. The van der Waals surface area contributed by atoms with Gasteiger partial charge in [-0.2, -0.15) is 0 Å². The van der Waals surface area contributed by atoms with Crippen LogP contribution in [0.5, 0.6) is 0 Å². The maximum atomic E-state index is 10.9. The average Bonchev–Trinajstić information content (AvgIpc) is 2.38. The number of thioether (sulfide) groups is 1. The van der Waals surface area contributed by atoms with E-state index in [1.54, 1.807) is 11.8 Å². The van der Waals surface area contributed by atoms with Crippen molar-refractivity contribution in [2.24, 2.45) is 0 Å². The van der Waals surface area contributed by atoms with Gasteiger partial charge >= 0.3 is 5.97 Å². The predicted molar refractivity (Wildman–Crippen MR) is 65.0 cm³/mol. The Hall–Kier alpha value is -1.88. The van der Waals surface area contributed by atoms with Crippen LogP contribution in [-0.4, -0.2) is 21.0 Å². The van der Waals surface area contributed by atoms with Crippen molar-refractivity contribution in [3.05, 3.63) is 54.1 Å². The molecule has 1 aromatic carbocycles. The van der Waals surface area contributed by atoms with Gasteiger partial charge in [0.2, 0.25) is 0 Å². The molecular weight excluding hydrogens is 236 g/mol. The van der Waals surface area contributed by atoms with Gasteiger partial charge in [-0.25, -0.2) is 14.8 Å². The first-order valence-corrected chi connectivity index (χ1v) is 5.96. The second-order valence-electron chi connectivity index (χ2n) is 3.29. The van der Waals surface area contributed by atoms with E-state index in [9.17, 15) is 4.79 Å². The summed E-state index contributed by atoms with van der Waals surface area (Å²) in [5.41, 5.74) is 0.706. The molecule has 2 aromatic rings. The summed E-state index contributed by atoms with van der Waals surface area (Å²) in [6, 6.07) is 9.79. The first kappa shape index (κ1) is 11.6. The van der Waals surface area contributed by atoms with Crippen LogP contribution in [0.1, 0.15) is 16.1 Å². The fraction of sp³-hybridized carbons (Fsp3) is 0.0833. The maximum Gasteiger partial charge on any atom is 0.339 e. The summed E-state index contributed by atoms with van der Waals surface area (Å²) in [5.74, 6) is -0.469. The van der Waals surface area contributed by atoms with Crippen LogP contribution in [0, 0.1) is 0 Å². The number of hydrogen-bond acceptors (Lipinski definition) is 4. The maximum absolute atomic E-state index is 10.9. The van der Waals surface area contributed by atoms with Gasteiger partial charge < -0.3 is 5.11 Å². The molecule has 1 aromatic heterocycles. The smallest absolute Gasteiger partial charge is 0.339 e. The van der Waals surface area contributed by atoms with Crippen molar-refractivity contribution in [2.75, 3.05) is 0 Å². The van der Waals surface area contributed by atoms with E-state index in [0.717, 1.165) is 4.90 Å². The lowest BCUT2D eigenvalue weighted by molar-refractivity contribution is 0.0695. The van der Waals surface area contributed by atoms with E-state index in [2.05, 4.69) is 9.97 Å². The van der Waals surface area contributed by atoms with Gasteiger partial charge in [0, 0.05) is 16.8 Å². The summed E-state index contributed by atoms with van der Waals surface area (Å²) in [6.45, 7) is 0. The molecule has 1 heterocycles. The lowest BCUT2D eigenvalue weighted by Gasteiger charge is -2.03. The summed E-state index contributed by atoms with van der Waals surface area (Å²) >= 11 is 1.55. The normalized spacial score (nSPS) is 10.1. The number of aromatic carboxylic acids is 1. The van der Waals surface area contributed by atoms with Crippen molar-refractivity contribution in [1.82, 2.24) is 9.97 Å². The molecule has 5 heteroatoms. The SMILES string of the molecule is O=C(O)c1cncnc1CSc1ccccc1. The van der Waals surface area contributed by atoms with Gasteiger partial charge in [0.1, 0.15) is 11.9 Å². The predicted octanol–water partition coefficient (Wildman–Crippen LogP) is 2.47. The largest absolute Gasteiger partial charge is 0.478 e. The number of carboxylic acid groups (broad SMARTS) is 1. The lowest BCUT2D eigenvalue weighted by atomic mass is 10.2. The van der Waals surface area contributed by atoms with E-state index in [4.69, 9.17) is 5.11 Å². The van der Waals surface area contributed by atoms with Crippen LogP contribution in [0.25, 0.3) is 0 Å². The number of benzene rings is 1. The molecule has 0 fully saturated rings. The topological polar surface area (TPSA) is 63.1 Å². The Morgan fingerprint density at radius 1 is 1.29 bits per heavy atom. The Balaban J connectivity index is 2.12. The van der Waals surface area contributed by atoms with Crippen molar-refractivity contribution in [3.8, 4) is 0 Å². The third-order valence-corrected chi connectivity index (χ3v) is 3.17. The molecule has 0 unspecified atom stereocenters. The van der Waals surface area contributed by atoms with Gasteiger partial charge in [0.05, 0.1) is 5.69 Å². The highest BCUT2D eigenvalue weighted by Crippen LogP contribution is 2.22. The van der Waals surface area contributed by atoms with Crippen LogP contribution in [0.15, 0.2) is 47.8 Å².